The molecule has 27 heavy (non-hydrogen) atoms. The Hall–Kier alpha value is -2.50. The van der Waals surface area contributed by atoms with Crippen molar-refractivity contribution in [2.45, 2.75) is 31.4 Å². The fraction of sp³-hybridized carbons (Fsp3) is 0.438. The van der Waals surface area contributed by atoms with Gasteiger partial charge in [0, 0.05) is 19.4 Å². The second-order valence-electron chi connectivity index (χ2n) is 6.18. The number of fused-ring (bicyclic) bond motifs is 2. The molecule has 2 bridgehead atoms. The lowest BCUT2D eigenvalue weighted by molar-refractivity contribution is -0.171. The molecular formula is C16H18N2O8S. The van der Waals surface area contributed by atoms with Gasteiger partial charge in [-0.3, -0.25) is 14.1 Å². The first-order valence-corrected chi connectivity index (χ1v) is 9.86. The molecule has 1 aliphatic carbocycles. The maximum absolute atomic E-state index is 12.1. The number of hydroxylamine groups is 2. The molecule has 1 aromatic rings. The van der Waals surface area contributed by atoms with Gasteiger partial charge in [0.05, 0.1) is 11.8 Å². The first-order valence-electron chi connectivity index (χ1n) is 8.25. The van der Waals surface area contributed by atoms with E-state index in [0.717, 1.165) is 11.1 Å². The molecule has 1 heterocycles. The number of carbonyl (C=O) groups excluding carboxylic acids is 3. The fourth-order valence-corrected chi connectivity index (χ4v) is 3.48. The summed E-state index contributed by atoms with van der Waals surface area (Å²) in [7, 11) is -4.07. The van der Waals surface area contributed by atoms with Crippen LogP contribution in [0.4, 0.5) is 4.79 Å². The van der Waals surface area contributed by atoms with Gasteiger partial charge >= 0.3 is 6.09 Å². The third kappa shape index (κ3) is 4.62. The lowest BCUT2D eigenvalue weighted by atomic mass is 10.1. The molecule has 0 radical (unpaired) electrons. The van der Waals surface area contributed by atoms with E-state index in [9.17, 15) is 22.8 Å². The number of carbonyl (C=O) groups is 3. The van der Waals surface area contributed by atoms with Gasteiger partial charge in [-0.1, -0.05) is 24.3 Å². The molecule has 0 spiro atoms. The van der Waals surface area contributed by atoms with Gasteiger partial charge in [-0.25, -0.2) is 4.79 Å². The highest BCUT2D eigenvalue weighted by Crippen LogP contribution is 2.39. The summed E-state index contributed by atoms with van der Waals surface area (Å²) in [4.78, 5) is 40.0. The Kier molecular flexibility index (Phi) is 5.44. The van der Waals surface area contributed by atoms with E-state index in [1.165, 1.54) is 0 Å². The predicted octanol–water partition coefficient (Wildman–Crippen LogP) is 0.867. The summed E-state index contributed by atoms with van der Waals surface area (Å²) in [6.07, 6.45) is -1.49. The Morgan fingerprint density at radius 3 is 2.56 bits per heavy atom. The van der Waals surface area contributed by atoms with Crippen LogP contribution in [-0.4, -0.2) is 48.3 Å². The van der Waals surface area contributed by atoms with Crippen molar-refractivity contribution in [2.75, 3.05) is 12.4 Å². The van der Waals surface area contributed by atoms with Gasteiger partial charge in [-0.05, 0) is 17.5 Å². The van der Waals surface area contributed by atoms with Crippen molar-refractivity contribution >= 4 is 28.0 Å². The summed E-state index contributed by atoms with van der Waals surface area (Å²) in [6.45, 7) is 0.0409. The van der Waals surface area contributed by atoms with E-state index in [1.807, 2.05) is 6.07 Å². The zero-order valence-electron chi connectivity index (χ0n) is 14.2. The second-order valence-corrected chi connectivity index (χ2v) is 7.76. The maximum atomic E-state index is 12.1. The number of nitrogens with one attached hydrogen (secondary N) is 1. The number of hydrogen-bond acceptors (Lipinski definition) is 7. The van der Waals surface area contributed by atoms with Gasteiger partial charge in [-0.15, -0.1) is 5.06 Å². The molecule has 0 aromatic heterocycles. The van der Waals surface area contributed by atoms with Crippen LogP contribution in [0.3, 0.4) is 0 Å². The van der Waals surface area contributed by atoms with Crippen LogP contribution in [0.15, 0.2) is 24.3 Å². The van der Waals surface area contributed by atoms with E-state index >= 15 is 0 Å². The van der Waals surface area contributed by atoms with Crippen molar-refractivity contribution in [1.82, 2.24) is 10.4 Å². The molecule has 2 unspecified atom stereocenters. The summed E-state index contributed by atoms with van der Waals surface area (Å²) in [5, 5.41) is 3.01. The largest absolute Gasteiger partial charge is 0.432 e. The average molecular weight is 398 g/mol. The van der Waals surface area contributed by atoms with Crippen LogP contribution >= 0.6 is 0 Å². The van der Waals surface area contributed by atoms with E-state index in [-0.39, 0.29) is 25.9 Å². The van der Waals surface area contributed by atoms with Gasteiger partial charge in [-0.2, -0.15) is 8.42 Å². The number of ether oxygens (including phenoxy) is 1. The number of nitrogens with zero attached hydrogens (tertiary/aromatic N) is 1. The monoisotopic (exact) mass is 398 g/mol. The number of rotatable bonds is 7. The molecule has 1 fully saturated rings. The minimum absolute atomic E-state index is 0.00415. The molecule has 1 aromatic carbocycles. The molecule has 2 aliphatic rings. The number of benzene rings is 1. The van der Waals surface area contributed by atoms with Gasteiger partial charge in [0.2, 0.25) is 0 Å². The molecule has 11 heteroatoms. The maximum Gasteiger partial charge on any atom is 0.432 e. The Morgan fingerprint density at radius 2 is 1.89 bits per heavy atom. The molecule has 10 nitrogen and oxygen atoms in total. The molecule has 146 valence electrons. The average Bonchev–Trinajstić information content (AvgIpc) is 3.02. The van der Waals surface area contributed by atoms with Crippen molar-refractivity contribution in [1.29, 1.82) is 0 Å². The molecule has 2 N–H and O–H groups in total. The molecule has 0 saturated carbocycles. The molecule has 1 saturated heterocycles. The molecular weight excluding hydrogens is 380 g/mol. The summed E-state index contributed by atoms with van der Waals surface area (Å²) in [5.41, 5.74) is 1.52. The standard InChI is InChI=1S/C16H18N2O8S/c19-12-5-6-13(20)18(12)26-16(21)17-14-10-3-1-4-11(9-10)15(14)25-7-2-8-27(22,23)24/h1,3-4,9,14-15H,2,5-8H2,(H,17,21)(H,22,23,24). The molecule has 3 amide bonds. The molecule has 1 aliphatic heterocycles. The first kappa shape index (κ1) is 19.3. The normalized spacial score (nSPS) is 21.6. The third-order valence-electron chi connectivity index (χ3n) is 4.20. The summed E-state index contributed by atoms with van der Waals surface area (Å²) in [5.74, 6) is -1.60. The van der Waals surface area contributed by atoms with Gasteiger partial charge in [0.25, 0.3) is 21.9 Å². The van der Waals surface area contributed by atoms with Crippen molar-refractivity contribution < 1.29 is 36.9 Å². The van der Waals surface area contributed by atoms with E-state index < -0.39 is 45.9 Å². The van der Waals surface area contributed by atoms with Crippen molar-refractivity contribution in [3.05, 3.63) is 35.4 Å². The van der Waals surface area contributed by atoms with Crippen LogP contribution in [-0.2, 0) is 29.3 Å². The predicted molar refractivity (Wildman–Crippen MR) is 89.6 cm³/mol. The first-order chi connectivity index (χ1) is 12.7. The van der Waals surface area contributed by atoms with E-state index in [2.05, 4.69) is 5.32 Å². The SMILES string of the molecule is O=C(NC1c2cccc(c2)C1OCCCS(=O)(=O)O)ON1C(=O)CCC1=O. The summed E-state index contributed by atoms with van der Waals surface area (Å²) in [6, 6.07) is 6.52. The van der Waals surface area contributed by atoms with Crippen LogP contribution in [0.1, 0.15) is 42.5 Å². The van der Waals surface area contributed by atoms with Gasteiger partial charge in [0.15, 0.2) is 0 Å². The van der Waals surface area contributed by atoms with E-state index in [1.54, 1.807) is 18.2 Å². The third-order valence-corrected chi connectivity index (χ3v) is 5.00. The number of imide groups is 1. The fourth-order valence-electron chi connectivity index (χ4n) is 2.99. The smallest absolute Gasteiger partial charge is 0.371 e. The minimum atomic E-state index is -4.07. The Balaban J connectivity index is 1.60. The highest BCUT2D eigenvalue weighted by atomic mass is 32.2. The minimum Gasteiger partial charge on any atom is -0.371 e. The zero-order chi connectivity index (χ0) is 19.6. The van der Waals surface area contributed by atoms with Crippen LogP contribution in [0.5, 0.6) is 0 Å². The Labute approximate surface area is 155 Å². The van der Waals surface area contributed by atoms with E-state index in [0.29, 0.717) is 5.06 Å². The highest BCUT2D eigenvalue weighted by molar-refractivity contribution is 7.85. The Bertz CT molecular complexity index is 853. The number of hydrogen-bond donors (Lipinski definition) is 2. The van der Waals surface area contributed by atoms with Crippen LogP contribution < -0.4 is 5.32 Å². The lowest BCUT2D eigenvalue weighted by Gasteiger charge is -2.23. The lowest BCUT2D eigenvalue weighted by Crippen LogP contribution is -2.39. The highest BCUT2D eigenvalue weighted by Gasteiger charge is 2.36. The van der Waals surface area contributed by atoms with E-state index in [4.69, 9.17) is 14.1 Å². The van der Waals surface area contributed by atoms with Crippen LogP contribution in [0, 0.1) is 0 Å². The molecule has 3 rings (SSSR count). The van der Waals surface area contributed by atoms with Gasteiger partial charge < -0.3 is 14.9 Å². The van der Waals surface area contributed by atoms with Crippen molar-refractivity contribution in [3.63, 3.8) is 0 Å². The van der Waals surface area contributed by atoms with Gasteiger partial charge in [0.1, 0.15) is 6.10 Å². The van der Waals surface area contributed by atoms with Crippen LogP contribution in [0.25, 0.3) is 0 Å². The zero-order valence-corrected chi connectivity index (χ0v) is 15.0. The quantitative estimate of drug-likeness (QED) is 0.392. The number of amides is 3. The van der Waals surface area contributed by atoms with Crippen molar-refractivity contribution in [3.8, 4) is 0 Å². The van der Waals surface area contributed by atoms with Crippen LogP contribution in [0.2, 0.25) is 0 Å². The molecule has 2 atom stereocenters. The summed E-state index contributed by atoms with van der Waals surface area (Å²) < 4.78 is 36.0. The summed E-state index contributed by atoms with van der Waals surface area (Å²) >= 11 is 0. The Morgan fingerprint density at radius 1 is 1.22 bits per heavy atom. The topological polar surface area (TPSA) is 139 Å². The van der Waals surface area contributed by atoms with Crippen molar-refractivity contribution in [2.24, 2.45) is 0 Å². The second kappa shape index (κ2) is 7.62.